The van der Waals surface area contributed by atoms with Gasteiger partial charge in [0, 0.05) is 11.6 Å². The number of para-hydroxylation sites is 1. The van der Waals surface area contributed by atoms with Crippen LogP contribution in [0.3, 0.4) is 0 Å². The van der Waals surface area contributed by atoms with E-state index in [1.807, 2.05) is 26.0 Å². The number of benzene rings is 2. The molecule has 7 heteroatoms. The van der Waals surface area contributed by atoms with Crippen molar-refractivity contribution < 1.29 is 10.2 Å². The standard InChI is InChI=1S/C14H10ClN3O2S.C2H6/c15-11-3-1-2-4-12(11)18-13(16-17-14(18)21)8-5-9(19)7-10(20)6-8;1-2/h1-7,19-20H,(H,17,21);1-2H3. The molecule has 5 nitrogen and oxygen atoms in total. The number of aromatic hydroxyl groups is 2. The SMILES string of the molecule is CC.Oc1cc(O)cc(-c2n[nH]c(=S)n2-c2ccccc2Cl)c1. The molecule has 0 aliphatic heterocycles. The molecular formula is C16H16ClN3O2S. The highest BCUT2D eigenvalue weighted by Gasteiger charge is 2.14. The molecule has 0 fully saturated rings. The van der Waals surface area contributed by atoms with Crippen LogP contribution in [0.5, 0.6) is 11.5 Å². The van der Waals surface area contributed by atoms with Gasteiger partial charge in [0.2, 0.25) is 0 Å². The fraction of sp³-hybridized carbons (Fsp3) is 0.125. The number of rotatable bonds is 2. The van der Waals surface area contributed by atoms with Gasteiger partial charge in [0.1, 0.15) is 11.5 Å². The molecule has 2 aromatic carbocycles. The molecular weight excluding hydrogens is 334 g/mol. The molecule has 120 valence electrons. The smallest absolute Gasteiger partial charge is 0.200 e. The van der Waals surface area contributed by atoms with Crippen LogP contribution in [0.1, 0.15) is 13.8 Å². The molecule has 0 amide bonds. The number of aromatic nitrogens is 3. The number of aromatic amines is 1. The van der Waals surface area contributed by atoms with Crippen molar-refractivity contribution in [2.45, 2.75) is 13.8 Å². The van der Waals surface area contributed by atoms with Crippen LogP contribution >= 0.6 is 23.8 Å². The van der Waals surface area contributed by atoms with Crippen LogP contribution in [0.15, 0.2) is 42.5 Å². The van der Waals surface area contributed by atoms with Crippen LogP contribution in [0, 0.1) is 4.77 Å². The topological polar surface area (TPSA) is 74.1 Å². The van der Waals surface area contributed by atoms with E-state index in [0.717, 1.165) is 0 Å². The van der Waals surface area contributed by atoms with Crippen LogP contribution in [-0.4, -0.2) is 25.0 Å². The summed E-state index contributed by atoms with van der Waals surface area (Å²) < 4.78 is 2.01. The third-order valence-electron chi connectivity index (χ3n) is 2.93. The minimum Gasteiger partial charge on any atom is -0.508 e. The van der Waals surface area contributed by atoms with Crippen molar-refractivity contribution in [3.63, 3.8) is 0 Å². The first-order valence-corrected chi connectivity index (χ1v) is 7.80. The van der Waals surface area contributed by atoms with Gasteiger partial charge in [-0.1, -0.05) is 37.6 Å². The van der Waals surface area contributed by atoms with Gasteiger partial charge in [0.15, 0.2) is 10.6 Å². The lowest BCUT2D eigenvalue weighted by molar-refractivity contribution is 0.451. The summed E-state index contributed by atoms with van der Waals surface area (Å²) in [5.74, 6) is 0.313. The average Bonchev–Trinajstić information content (AvgIpc) is 2.90. The second-order valence-electron chi connectivity index (χ2n) is 4.38. The van der Waals surface area contributed by atoms with E-state index < -0.39 is 0 Å². The molecule has 23 heavy (non-hydrogen) atoms. The summed E-state index contributed by atoms with van der Waals surface area (Å²) in [6.45, 7) is 4.00. The van der Waals surface area contributed by atoms with Crippen molar-refractivity contribution in [2.24, 2.45) is 0 Å². The van der Waals surface area contributed by atoms with Crippen LogP contribution in [0.2, 0.25) is 5.02 Å². The maximum absolute atomic E-state index is 9.62. The van der Waals surface area contributed by atoms with Crippen molar-refractivity contribution in [3.8, 4) is 28.6 Å². The van der Waals surface area contributed by atoms with Gasteiger partial charge in [-0.05, 0) is 36.5 Å². The number of halogens is 1. The maximum Gasteiger partial charge on any atom is 0.200 e. The summed E-state index contributed by atoms with van der Waals surface area (Å²) in [6.07, 6.45) is 0. The molecule has 0 unspecified atom stereocenters. The Morgan fingerprint density at radius 2 is 1.70 bits per heavy atom. The molecule has 0 saturated carbocycles. The second kappa shape index (κ2) is 7.30. The Labute approximate surface area is 143 Å². The van der Waals surface area contributed by atoms with E-state index in [0.29, 0.717) is 26.9 Å². The third-order valence-corrected chi connectivity index (χ3v) is 3.52. The molecule has 3 N–H and O–H groups in total. The molecule has 0 aliphatic rings. The second-order valence-corrected chi connectivity index (χ2v) is 5.17. The van der Waals surface area contributed by atoms with Crippen LogP contribution in [0.4, 0.5) is 0 Å². The first kappa shape index (κ1) is 17.1. The quantitative estimate of drug-likeness (QED) is 0.587. The Morgan fingerprint density at radius 3 is 2.30 bits per heavy atom. The molecule has 1 aromatic heterocycles. The normalized spacial score (nSPS) is 10.0. The summed E-state index contributed by atoms with van der Waals surface area (Å²) in [6, 6.07) is 11.4. The average molecular weight is 350 g/mol. The maximum atomic E-state index is 9.62. The lowest BCUT2D eigenvalue weighted by atomic mass is 10.2. The Kier molecular flexibility index (Phi) is 5.41. The van der Waals surface area contributed by atoms with E-state index in [-0.39, 0.29) is 11.5 Å². The predicted octanol–water partition coefficient (Wildman–Crippen LogP) is 4.69. The minimum absolute atomic E-state index is 0.0652. The van der Waals surface area contributed by atoms with Crippen molar-refractivity contribution in [3.05, 3.63) is 52.3 Å². The summed E-state index contributed by atoms with van der Waals surface area (Å²) in [5.41, 5.74) is 1.18. The van der Waals surface area contributed by atoms with E-state index in [2.05, 4.69) is 10.2 Å². The van der Waals surface area contributed by atoms with Crippen molar-refractivity contribution in [1.82, 2.24) is 14.8 Å². The van der Waals surface area contributed by atoms with E-state index in [1.54, 1.807) is 16.7 Å². The van der Waals surface area contributed by atoms with Gasteiger partial charge in [0.05, 0.1) is 10.7 Å². The Bertz CT molecular complexity index is 854. The Balaban J connectivity index is 0.000000924. The van der Waals surface area contributed by atoms with E-state index in [1.165, 1.54) is 18.2 Å². The highest BCUT2D eigenvalue weighted by atomic mass is 35.5. The largest absolute Gasteiger partial charge is 0.508 e. The van der Waals surface area contributed by atoms with Crippen LogP contribution in [-0.2, 0) is 0 Å². The van der Waals surface area contributed by atoms with Gasteiger partial charge in [-0.25, -0.2) is 0 Å². The highest BCUT2D eigenvalue weighted by molar-refractivity contribution is 7.71. The molecule has 0 spiro atoms. The molecule has 1 heterocycles. The summed E-state index contributed by atoms with van der Waals surface area (Å²) in [4.78, 5) is 0. The fourth-order valence-electron chi connectivity index (χ4n) is 2.07. The number of hydrogen-bond acceptors (Lipinski definition) is 4. The first-order chi connectivity index (χ1) is 11.1. The Morgan fingerprint density at radius 1 is 1.09 bits per heavy atom. The number of phenols is 2. The zero-order valence-corrected chi connectivity index (χ0v) is 14.2. The zero-order valence-electron chi connectivity index (χ0n) is 12.6. The summed E-state index contributed by atoms with van der Waals surface area (Å²) in [7, 11) is 0. The van der Waals surface area contributed by atoms with Crippen molar-refractivity contribution >= 4 is 23.8 Å². The van der Waals surface area contributed by atoms with E-state index in [4.69, 9.17) is 23.8 Å². The number of nitrogens with one attached hydrogen (secondary N) is 1. The fourth-order valence-corrected chi connectivity index (χ4v) is 2.52. The highest BCUT2D eigenvalue weighted by Crippen LogP contribution is 2.30. The zero-order chi connectivity index (χ0) is 17.0. The van der Waals surface area contributed by atoms with Crippen LogP contribution in [0.25, 0.3) is 17.1 Å². The van der Waals surface area contributed by atoms with Gasteiger partial charge in [-0.3, -0.25) is 9.67 Å². The molecule has 3 rings (SSSR count). The molecule has 0 radical (unpaired) electrons. The lowest BCUT2D eigenvalue weighted by Gasteiger charge is -2.09. The molecule has 0 aliphatic carbocycles. The van der Waals surface area contributed by atoms with E-state index >= 15 is 0 Å². The van der Waals surface area contributed by atoms with Crippen molar-refractivity contribution in [2.75, 3.05) is 0 Å². The van der Waals surface area contributed by atoms with E-state index in [9.17, 15) is 10.2 Å². The van der Waals surface area contributed by atoms with Gasteiger partial charge in [0.25, 0.3) is 0 Å². The van der Waals surface area contributed by atoms with Crippen LogP contribution < -0.4 is 0 Å². The minimum atomic E-state index is -0.0652. The monoisotopic (exact) mass is 349 g/mol. The number of hydrogen-bond donors (Lipinski definition) is 3. The molecule has 0 atom stereocenters. The number of phenolic OH excluding ortho intramolecular Hbond substituents is 2. The van der Waals surface area contributed by atoms with Gasteiger partial charge in [-0.2, -0.15) is 5.10 Å². The van der Waals surface area contributed by atoms with Gasteiger partial charge < -0.3 is 10.2 Å². The van der Waals surface area contributed by atoms with Gasteiger partial charge in [-0.15, -0.1) is 0 Å². The lowest BCUT2D eigenvalue weighted by Crippen LogP contribution is -1.98. The van der Waals surface area contributed by atoms with Crippen molar-refractivity contribution in [1.29, 1.82) is 0 Å². The molecule has 0 bridgehead atoms. The predicted molar refractivity (Wildman–Crippen MR) is 93.9 cm³/mol. The summed E-state index contributed by atoms with van der Waals surface area (Å²) in [5, 5.41) is 26.6. The number of nitrogens with zero attached hydrogens (tertiary/aromatic N) is 2. The number of H-pyrrole nitrogens is 1. The molecule has 0 saturated heterocycles. The van der Waals surface area contributed by atoms with Gasteiger partial charge >= 0.3 is 0 Å². The summed E-state index contributed by atoms with van der Waals surface area (Å²) >= 11 is 11.4. The molecule has 3 aromatic rings. The Hall–Kier alpha value is -2.31. The third kappa shape index (κ3) is 3.55. The first-order valence-electron chi connectivity index (χ1n) is 7.02.